The van der Waals surface area contributed by atoms with Gasteiger partial charge in [-0.25, -0.2) is 4.39 Å². The van der Waals surface area contributed by atoms with E-state index >= 15 is 0 Å². The van der Waals surface area contributed by atoms with Gasteiger partial charge in [0.2, 0.25) is 5.91 Å². The molecule has 2 rings (SSSR count). The van der Waals surface area contributed by atoms with E-state index in [1.165, 1.54) is 11.0 Å². The molecule has 2 aromatic carbocycles. The van der Waals surface area contributed by atoms with Crippen LogP contribution in [0.2, 0.25) is 0 Å². The predicted octanol–water partition coefficient (Wildman–Crippen LogP) is 2.90. The van der Waals surface area contributed by atoms with Crippen LogP contribution in [0, 0.1) is 5.82 Å². The molecule has 24 heavy (non-hydrogen) atoms. The molecule has 0 heterocycles. The molecule has 0 fully saturated rings. The molecule has 0 saturated heterocycles. The minimum absolute atomic E-state index is 0.0430. The van der Waals surface area contributed by atoms with Crippen molar-refractivity contribution in [3.63, 3.8) is 0 Å². The number of aliphatic hydroxyl groups is 1. The SMILES string of the molecule is CN(Cc1ccccc1F)C(=O)CNc1ccccc1/C=C/CO. The highest BCUT2D eigenvalue weighted by Crippen LogP contribution is 2.16. The predicted molar refractivity (Wildman–Crippen MR) is 93.9 cm³/mol. The second kappa shape index (κ2) is 8.84. The van der Waals surface area contributed by atoms with Gasteiger partial charge in [-0.05, 0) is 17.7 Å². The van der Waals surface area contributed by atoms with Crippen molar-refractivity contribution in [3.05, 3.63) is 71.6 Å². The third-order valence-electron chi connectivity index (χ3n) is 3.58. The van der Waals surface area contributed by atoms with Crippen LogP contribution in [0.25, 0.3) is 6.08 Å². The normalized spacial score (nSPS) is 10.8. The summed E-state index contributed by atoms with van der Waals surface area (Å²) >= 11 is 0. The lowest BCUT2D eigenvalue weighted by molar-refractivity contribution is -0.128. The Hall–Kier alpha value is -2.66. The fourth-order valence-corrected chi connectivity index (χ4v) is 2.26. The van der Waals surface area contributed by atoms with E-state index in [0.717, 1.165) is 11.3 Å². The number of halogens is 1. The Morgan fingerprint density at radius 2 is 1.92 bits per heavy atom. The first-order chi connectivity index (χ1) is 11.6. The standard InChI is InChI=1S/C19H21FN2O2/c1-22(14-16-8-2-4-10-17(16)20)19(24)13-21-18-11-5-3-7-15(18)9-6-12-23/h2-11,21,23H,12-14H2,1H3/b9-6+. The number of anilines is 1. The molecule has 2 N–H and O–H groups in total. The number of carbonyl (C=O) groups excluding carboxylic acids is 1. The summed E-state index contributed by atoms with van der Waals surface area (Å²) in [6.07, 6.45) is 3.42. The van der Waals surface area contributed by atoms with Gasteiger partial charge in [-0.3, -0.25) is 4.79 Å². The summed E-state index contributed by atoms with van der Waals surface area (Å²) in [6, 6.07) is 13.9. The third-order valence-corrected chi connectivity index (χ3v) is 3.58. The van der Waals surface area contributed by atoms with Crippen molar-refractivity contribution in [2.75, 3.05) is 25.5 Å². The first-order valence-electron chi connectivity index (χ1n) is 7.69. The largest absolute Gasteiger partial charge is 0.392 e. The first kappa shape index (κ1) is 17.7. The Bertz CT molecular complexity index is 716. The van der Waals surface area contributed by atoms with Gasteiger partial charge in [0, 0.05) is 24.8 Å². The van der Waals surface area contributed by atoms with Crippen molar-refractivity contribution in [2.24, 2.45) is 0 Å². The van der Waals surface area contributed by atoms with Crippen molar-refractivity contribution in [2.45, 2.75) is 6.54 Å². The van der Waals surface area contributed by atoms with Gasteiger partial charge in [-0.15, -0.1) is 0 Å². The maximum Gasteiger partial charge on any atom is 0.241 e. The van der Waals surface area contributed by atoms with E-state index in [1.807, 2.05) is 24.3 Å². The summed E-state index contributed by atoms with van der Waals surface area (Å²) in [4.78, 5) is 13.7. The number of nitrogens with zero attached hydrogens (tertiary/aromatic N) is 1. The van der Waals surface area contributed by atoms with Crippen LogP contribution in [-0.4, -0.2) is 36.1 Å². The Labute approximate surface area is 141 Å². The molecule has 0 spiro atoms. The molecule has 0 aromatic heterocycles. The smallest absolute Gasteiger partial charge is 0.241 e. The zero-order valence-electron chi connectivity index (χ0n) is 13.6. The summed E-state index contributed by atoms with van der Waals surface area (Å²) in [5.41, 5.74) is 2.17. The highest BCUT2D eigenvalue weighted by atomic mass is 19.1. The second-order valence-electron chi connectivity index (χ2n) is 5.37. The molecule has 2 aromatic rings. The van der Waals surface area contributed by atoms with Crippen LogP contribution in [0.3, 0.4) is 0 Å². The number of nitrogens with one attached hydrogen (secondary N) is 1. The van der Waals surface area contributed by atoms with Gasteiger partial charge < -0.3 is 15.3 Å². The van der Waals surface area contributed by atoms with E-state index in [1.54, 1.807) is 37.4 Å². The Balaban J connectivity index is 1.96. The number of carbonyl (C=O) groups is 1. The lowest BCUT2D eigenvalue weighted by Gasteiger charge is -2.19. The average molecular weight is 328 g/mol. The molecule has 0 bridgehead atoms. The molecule has 0 radical (unpaired) electrons. The van der Waals surface area contributed by atoms with Crippen molar-refractivity contribution in [1.29, 1.82) is 0 Å². The minimum atomic E-state index is -0.315. The zero-order valence-corrected chi connectivity index (χ0v) is 13.6. The molecule has 5 heteroatoms. The molecular weight excluding hydrogens is 307 g/mol. The van der Waals surface area contributed by atoms with E-state index < -0.39 is 0 Å². The molecule has 126 valence electrons. The van der Waals surface area contributed by atoms with Crippen molar-refractivity contribution in [3.8, 4) is 0 Å². The van der Waals surface area contributed by atoms with Gasteiger partial charge in [0.1, 0.15) is 5.82 Å². The summed E-state index contributed by atoms with van der Waals surface area (Å²) in [7, 11) is 1.65. The molecule has 1 amide bonds. The number of amides is 1. The van der Waals surface area contributed by atoms with Gasteiger partial charge in [-0.1, -0.05) is 48.6 Å². The fourth-order valence-electron chi connectivity index (χ4n) is 2.26. The summed E-state index contributed by atoms with van der Waals surface area (Å²) in [6.45, 7) is 0.285. The number of para-hydroxylation sites is 1. The van der Waals surface area contributed by atoms with Gasteiger partial charge in [0.25, 0.3) is 0 Å². The van der Waals surface area contributed by atoms with Crippen molar-refractivity contribution in [1.82, 2.24) is 4.90 Å². The number of aliphatic hydroxyl groups excluding tert-OH is 1. The number of likely N-dealkylation sites (N-methyl/N-ethyl adjacent to an activating group) is 1. The maximum absolute atomic E-state index is 13.7. The topological polar surface area (TPSA) is 52.6 Å². The monoisotopic (exact) mass is 328 g/mol. The van der Waals surface area contributed by atoms with Crippen LogP contribution in [0.15, 0.2) is 54.6 Å². The molecule has 0 atom stereocenters. The molecule has 0 aliphatic carbocycles. The number of hydrogen-bond acceptors (Lipinski definition) is 3. The molecule has 0 aliphatic rings. The van der Waals surface area contributed by atoms with Crippen LogP contribution in [0.5, 0.6) is 0 Å². The van der Waals surface area contributed by atoms with E-state index in [4.69, 9.17) is 5.11 Å². The van der Waals surface area contributed by atoms with E-state index in [9.17, 15) is 9.18 Å². The van der Waals surface area contributed by atoms with Crippen LogP contribution < -0.4 is 5.32 Å². The zero-order chi connectivity index (χ0) is 17.4. The molecule has 0 saturated carbocycles. The van der Waals surface area contributed by atoms with Crippen LogP contribution in [0.4, 0.5) is 10.1 Å². The quantitative estimate of drug-likeness (QED) is 0.822. The van der Waals surface area contributed by atoms with Gasteiger partial charge in [0.15, 0.2) is 0 Å². The van der Waals surface area contributed by atoms with Crippen molar-refractivity contribution >= 4 is 17.7 Å². The number of hydrogen-bond donors (Lipinski definition) is 2. The van der Waals surface area contributed by atoms with Gasteiger partial charge in [0.05, 0.1) is 13.2 Å². The fraction of sp³-hybridized carbons (Fsp3) is 0.211. The van der Waals surface area contributed by atoms with Crippen molar-refractivity contribution < 1.29 is 14.3 Å². The summed E-state index contributed by atoms with van der Waals surface area (Å²) < 4.78 is 13.7. The van der Waals surface area contributed by atoms with Gasteiger partial charge in [-0.2, -0.15) is 0 Å². The van der Waals surface area contributed by atoms with E-state index in [-0.39, 0.29) is 31.4 Å². The Morgan fingerprint density at radius 1 is 1.21 bits per heavy atom. The lowest BCUT2D eigenvalue weighted by Crippen LogP contribution is -2.32. The molecule has 0 aliphatic heterocycles. The highest BCUT2D eigenvalue weighted by molar-refractivity contribution is 5.81. The molecule has 0 unspecified atom stereocenters. The lowest BCUT2D eigenvalue weighted by atomic mass is 10.1. The van der Waals surface area contributed by atoms with E-state index in [2.05, 4.69) is 5.32 Å². The minimum Gasteiger partial charge on any atom is -0.392 e. The number of benzene rings is 2. The molecular formula is C19H21FN2O2. The van der Waals surface area contributed by atoms with Crippen LogP contribution in [0.1, 0.15) is 11.1 Å². The summed E-state index contributed by atoms with van der Waals surface area (Å²) in [5, 5.41) is 12.0. The van der Waals surface area contributed by atoms with Crippen LogP contribution in [-0.2, 0) is 11.3 Å². The summed E-state index contributed by atoms with van der Waals surface area (Å²) in [5.74, 6) is -0.455. The van der Waals surface area contributed by atoms with E-state index in [0.29, 0.717) is 5.56 Å². The molecule has 4 nitrogen and oxygen atoms in total. The average Bonchev–Trinajstić information content (AvgIpc) is 2.60. The Kier molecular flexibility index (Phi) is 6.51. The highest BCUT2D eigenvalue weighted by Gasteiger charge is 2.11. The second-order valence-corrected chi connectivity index (χ2v) is 5.37. The Morgan fingerprint density at radius 3 is 2.67 bits per heavy atom. The van der Waals surface area contributed by atoms with Gasteiger partial charge >= 0.3 is 0 Å². The number of rotatable bonds is 7. The maximum atomic E-state index is 13.7. The first-order valence-corrected chi connectivity index (χ1v) is 7.69. The third kappa shape index (κ3) is 4.93. The van der Waals surface area contributed by atoms with Crippen LogP contribution >= 0.6 is 0 Å².